The van der Waals surface area contributed by atoms with E-state index >= 15 is 0 Å². The maximum absolute atomic E-state index is 12.2. The van der Waals surface area contributed by atoms with Gasteiger partial charge in [-0.1, -0.05) is 18.2 Å². The smallest absolute Gasteiger partial charge is 0.241 e. The van der Waals surface area contributed by atoms with Crippen LogP contribution in [0, 0.1) is 6.92 Å². The molecule has 1 aliphatic heterocycles. The van der Waals surface area contributed by atoms with Gasteiger partial charge in [0, 0.05) is 20.1 Å². The molecule has 0 aromatic heterocycles. The van der Waals surface area contributed by atoms with Gasteiger partial charge in [-0.3, -0.25) is 9.79 Å². The van der Waals surface area contributed by atoms with E-state index in [-0.39, 0.29) is 42.5 Å². The number of amides is 1. The zero-order valence-corrected chi connectivity index (χ0v) is 18.3. The largest absolute Gasteiger partial charge is 0.489 e. The van der Waals surface area contributed by atoms with Crippen molar-refractivity contribution in [3.8, 4) is 5.75 Å². The van der Waals surface area contributed by atoms with Gasteiger partial charge in [0.15, 0.2) is 5.96 Å². The summed E-state index contributed by atoms with van der Waals surface area (Å²) >= 11 is 0. The molecule has 1 saturated heterocycles. The second kappa shape index (κ2) is 12.0. The molecule has 1 unspecified atom stereocenters. The molecular formula is C19H31IN4O2. The van der Waals surface area contributed by atoms with Gasteiger partial charge in [-0.25, -0.2) is 0 Å². The molecule has 1 aromatic rings. The van der Waals surface area contributed by atoms with Gasteiger partial charge in [-0.2, -0.15) is 0 Å². The number of nitrogens with one attached hydrogen (secondary N) is 2. The molecule has 1 aliphatic rings. The van der Waals surface area contributed by atoms with Crippen LogP contribution in [0.3, 0.4) is 0 Å². The number of aryl methyl sites for hydroxylation is 1. The van der Waals surface area contributed by atoms with E-state index in [1.54, 1.807) is 7.05 Å². The maximum Gasteiger partial charge on any atom is 0.241 e. The van der Waals surface area contributed by atoms with Crippen molar-refractivity contribution in [1.29, 1.82) is 0 Å². The van der Waals surface area contributed by atoms with E-state index in [9.17, 15) is 4.79 Å². The predicted molar refractivity (Wildman–Crippen MR) is 116 cm³/mol. The van der Waals surface area contributed by atoms with Crippen molar-refractivity contribution < 1.29 is 9.53 Å². The summed E-state index contributed by atoms with van der Waals surface area (Å²) < 4.78 is 5.94. The fraction of sp³-hybridized carbons (Fsp3) is 0.579. The lowest BCUT2D eigenvalue weighted by Crippen LogP contribution is -2.47. The number of aliphatic imine (C=N–C) groups is 1. The molecule has 2 rings (SSSR count). The summed E-state index contributed by atoms with van der Waals surface area (Å²) in [6.07, 6.45) is 3.41. The second-order valence-corrected chi connectivity index (χ2v) is 6.44. The van der Waals surface area contributed by atoms with E-state index < -0.39 is 0 Å². The van der Waals surface area contributed by atoms with E-state index in [0.29, 0.717) is 12.5 Å². The van der Waals surface area contributed by atoms with Crippen molar-refractivity contribution in [3.63, 3.8) is 0 Å². The van der Waals surface area contributed by atoms with Crippen LogP contribution in [0.1, 0.15) is 31.7 Å². The first-order valence-electron chi connectivity index (χ1n) is 9.04. The molecule has 1 atom stereocenters. The molecule has 7 heteroatoms. The molecule has 26 heavy (non-hydrogen) atoms. The zero-order valence-electron chi connectivity index (χ0n) is 16.0. The number of rotatable bonds is 6. The first-order chi connectivity index (χ1) is 12.1. The zero-order chi connectivity index (χ0) is 18.1. The van der Waals surface area contributed by atoms with Crippen LogP contribution in [0.5, 0.6) is 5.75 Å². The number of carbonyl (C=O) groups excluding carboxylic acids is 1. The number of piperidine rings is 1. The Balaban J connectivity index is 0.00000338. The first kappa shape index (κ1) is 22.5. The van der Waals surface area contributed by atoms with E-state index in [4.69, 9.17) is 4.74 Å². The van der Waals surface area contributed by atoms with Crippen LogP contribution in [0.15, 0.2) is 29.3 Å². The highest BCUT2D eigenvalue weighted by molar-refractivity contribution is 14.0. The van der Waals surface area contributed by atoms with E-state index in [0.717, 1.165) is 37.2 Å². The van der Waals surface area contributed by atoms with E-state index in [1.165, 1.54) is 6.42 Å². The number of para-hydroxylation sites is 1. The summed E-state index contributed by atoms with van der Waals surface area (Å²) in [6.45, 7) is 6.65. The van der Waals surface area contributed by atoms with Gasteiger partial charge in [0.1, 0.15) is 11.9 Å². The van der Waals surface area contributed by atoms with E-state index in [1.807, 2.05) is 43.0 Å². The Bertz CT molecular complexity index is 589. The summed E-state index contributed by atoms with van der Waals surface area (Å²) in [5.74, 6) is 1.64. The highest BCUT2D eigenvalue weighted by atomic mass is 127. The lowest BCUT2D eigenvalue weighted by molar-refractivity contribution is -0.130. The van der Waals surface area contributed by atoms with Crippen molar-refractivity contribution in [3.05, 3.63) is 29.8 Å². The third kappa shape index (κ3) is 7.39. The van der Waals surface area contributed by atoms with Gasteiger partial charge >= 0.3 is 0 Å². The molecule has 2 N–H and O–H groups in total. The topological polar surface area (TPSA) is 66.0 Å². The molecule has 0 radical (unpaired) electrons. The summed E-state index contributed by atoms with van der Waals surface area (Å²) in [7, 11) is 1.70. The fourth-order valence-corrected chi connectivity index (χ4v) is 2.82. The van der Waals surface area contributed by atoms with Crippen molar-refractivity contribution in [1.82, 2.24) is 15.5 Å². The van der Waals surface area contributed by atoms with Gasteiger partial charge in [0.05, 0.1) is 13.1 Å². The molecule has 1 heterocycles. The van der Waals surface area contributed by atoms with Crippen molar-refractivity contribution in [2.45, 2.75) is 39.2 Å². The van der Waals surface area contributed by atoms with Crippen LogP contribution < -0.4 is 15.4 Å². The van der Waals surface area contributed by atoms with Gasteiger partial charge in [-0.15, -0.1) is 24.0 Å². The minimum atomic E-state index is -0.0163. The SMILES string of the molecule is CN=C(NCC(=O)N1CCCCC1)NCC(C)Oc1ccccc1C.I. The second-order valence-electron chi connectivity index (χ2n) is 6.44. The summed E-state index contributed by atoms with van der Waals surface area (Å²) in [4.78, 5) is 18.3. The fourth-order valence-electron chi connectivity index (χ4n) is 2.82. The third-order valence-electron chi connectivity index (χ3n) is 4.32. The molecule has 0 aliphatic carbocycles. The minimum absolute atomic E-state index is 0. The Hall–Kier alpha value is -1.51. The summed E-state index contributed by atoms with van der Waals surface area (Å²) in [5.41, 5.74) is 1.11. The standard InChI is InChI=1S/C19H30N4O2.HI/c1-15-9-5-6-10-17(15)25-16(2)13-21-19(20-3)22-14-18(24)23-11-7-4-8-12-23;/h5-6,9-10,16H,4,7-8,11-14H2,1-3H3,(H2,20,21,22);1H. The third-order valence-corrected chi connectivity index (χ3v) is 4.32. The van der Waals surface area contributed by atoms with Gasteiger partial charge in [-0.05, 0) is 44.7 Å². The maximum atomic E-state index is 12.2. The Morgan fingerprint density at radius 1 is 1.23 bits per heavy atom. The van der Waals surface area contributed by atoms with Gasteiger partial charge in [0.25, 0.3) is 0 Å². The molecule has 0 spiro atoms. The molecule has 1 fully saturated rings. The predicted octanol–water partition coefficient (Wildman–Crippen LogP) is 2.56. The molecule has 1 amide bonds. The van der Waals surface area contributed by atoms with Gasteiger partial charge in [0.2, 0.25) is 5.91 Å². The molecule has 1 aromatic carbocycles. The van der Waals surface area contributed by atoms with Crippen LogP contribution in [0.4, 0.5) is 0 Å². The normalized spacial score (nSPS) is 15.7. The molecular weight excluding hydrogens is 443 g/mol. The van der Waals surface area contributed by atoms with Crippen molar-refractivity contribution in [2.75, 3.05) is 33.2 Å². The number of nitrogens with zero attached hydrogens (tertiary/aromatic N) is 2. The van der Waals surface area contributed by atoms with Gasteiger partial charge < -0.3 is 20.3 Å². The highest BCUT2D eigenvalue weighted by Gasteiger charge is 2.16. The van der Waals surface area contributed by atoms with Crippen LogP contribution in [-0.2, 0) is 4.79 Å². The first-order valence-corrected chi connectivity index (χ1v) is 9.04. The summed E-state index contributed by atoms with van der Waals surface area (Å²) in [6, 6.07) is 7.96. The molecule has 146 valence electrons. The Kier molecular flexibility index (Phi) is 10.4. The number of carbonyl (C=O) groups is 1. The Morgan fingerprint density at radius 2 is 1.92 bits per heavy atom. The number of hydrogen-bond donors (Lipinski definition) is 2. The number of halogens is 1. The summed E-state index contributed by atoms with van der Waals surface area (Å²) in [5, 5.41) is 6.30. The monoisotopic (exact) mass is 474 g/mol. The number of hydrogen-bond acceptors (Lipinski definition) is 3. The molecule has 0 bridgehead atoms. The van der Waals surface area contributed by atoms with Crippen molar-refractivity contribution in [2.24, 2.45) is 4.99 Å². The lowest BCUT2D eigenvalue weighted by Gasteiger charge is -2.27. The molecule has 6 nitrogen and oxygen atoms in total. The number of likely N-dealkylation sites (tertiary alicyclic amines) is 1. The average molecular weight is 474 g/mol. The highest BCUT2D eigenvalue weighted by Crippen LogP contribution is 2.17. The average Bonchev–Trinajstić information content (AvgIpc) is 2.64. The Morgan fingerprint density at radius 3 is 2.58 bits per heavy atom. The van der Waals surface area contributed by atoms with Crippen LogP contribution in [0.25, 0.3) is 0 Å². The van der Waals surface area contributed by atoms with Crippen molar-refractivity contribution >= 4 is 35.8 Å². The lowest BCUT2D eigenvalue weighted by atomic mass is 10.1. The van der Waals surface area contributed by atoms with E-state index in [2.05, 4.69) is 15.6 Å². The Labute approximate surface area is 173 Å². The number of benzene rings is 1. The van der Waals surface area contributed by atoms with Crippen LogP contribution in [-0.4, -0.2) is 56.1 Å². The minimum Gasteiger partial charge on any atom is -0.489 e. The number of guanidine groups is 1. The van der Waals surface area contributed by atoms with Crippen LogP contribution in [0.2, 0.25) is 0 Å². The number of ether oxygens (including phenoxy) is 1. The quantitative estimate of drug-likeness (QED) is 0.378. The molecule has 0 saturated carbocycles. The van der Waals surface area contributed by atoms with Crippen LogP contribution >= 0.6 is 24.0 Å².